The number of carbonyl (C=O) groups is 2. The van der Waals surface area contributed by atoms with Gasteiger partial charge in [-0.25, -0.2) is 0 Å². The molecule has 0 aromatic heterocycles. The quantitative estimate of drug-likeness (QED) is 0.299. The number of hydrogen-bond acceptors (Lipinski definition) is 8. The Morgan fingerprint density at radius 2 is 1.23 bits per heavy atom. The largest absolute Gasteiger partial charge is 0.394 e. The highest BCUT2D eigenvalue weighted by Crippen LogP contribution is 2.28. The Hall–Kier alpha value is -2.46. The van der Waals surface area contributed by atoms with E-state index in [0.717, 1.165) is 11.1 Å². The van der Waals surface area contributed by atoms with Gasteiger partial charge in [0.2, 0.25) is 0 Å². The first-order chi connectivity index (χ1) is 14.0. The second-order valence-corrected chi connectivity index (χ2v) is 7.34. The Morgan fingerprint density at radius 3 is 1.67 bits per heavy atom. The third kappa shape index (κ3) is 4.65. The summed E-state index contributed by atoms with van der Waals surface area (Å²) >= 11 is 0. The van der Waals surface area contributed by atoms with Crippen molar-refractivity contribution in [2.75, 3.05) is 6.61 Å². The minimum atomic E-state index is -3.18. The lowest BCUT2D eigenvalue weighted by Crippen LogP contribution is -2.66. The molecule has 2 rings (SSSR count). The summed E-state index contributed by atoms with van der Waals surface area (Å²) < 4.78 is 0. The van der Waals surface area contributed by atoms with E-state index in [9.17, 15) is 35.1 Å². The highest BCUT2D eigenvalue weighted by molar-refractivity contribution is 6.05. The minimum Gasteiger partial charge on any atom is -0.394 e. The lowest BCUT2D eigenvalue weighted by atomic mass is 9.77. The number of aliphatic hydroxyl groups excluding tert-OH is 5. The lowest BCUT2D eigenvalue weighted by molar-refractivity contribution is -0.173. The fraction of sp³-hybridized carbons (Fsp3) is 0.364. The summed E-state index contributed by atoms with van der Waals surface area (Å²) in [5.74, 6) is -2.23. The molecule has 5 atom stereocenters. The van der Waals surface area contributed by atoms with Crippen molar-refractivity contribution in [2.24, 2.45) is 0 Å². The van der Waals surface area contributed by atoms with Crippen LogP contribution in [0.15, 0.2) is 48.5 Å². The van der Waals surface area contributed by atoms with E-state index in [0.29, 0.717) is 0 Å². The molecular formula is C22H26O8. The second-order valence-electron chi connectivity index (χ2n) is 7.34. The average molecular weight is 418 g/mol. The molecule has 0 spiro atoms. The number of benzene rings is 2. The van der Waals surface area contributed by atoms with Gasteiger partial charge in [0.25, 0.3) is 0 Å². The Labute approximate surface area is 173 Å². The van der Waals surface area contributed by atoms with E-state index in [1.54, 1.807) is 38.1 Å². The topological polar surface area (TPSA) is 156 Å². The van der Waals surface area contributed by atoms with Crippen LogP contribution in [0.2, 0.25) is 0 Å². The highest BCUT2D eigenvalue weighted by Gasteiger charge is 2.55. The SMILES string of the molecule is Cc1ccc(C(=O)C(O)[C@@H](O)[C@@](O)(C(=O)c2ccc(C)cc2)[C@H](O)[C@@H](O)CO)cc1. The molecule has 8 heteroatoms. The Bertz CT molecular complexity index is 877. The van der Waals surface area contributed by atoms with Crippen LogP contribution in [0.1, 0.15) is 31.8 Å². The van der Waals surface area contributed by atoms with Crippen molar-refractivity contribution in [3.05, 3.63) is 70.8 Å². The molecule has 0 aliphatic rings. The van der Waals surface area contributed by atoms with E-state index in [2.05, 4.69) is 0 Å². The zero-order valence-electron chi connectivity index (χ0n) is 16.6. The van der Waals surface area contributed by atoms with E-state index in [-0.39, 0.29) is 11.1 Å². The monoisotopic (exact) mass is 418 g/mol. The highest BCUT2D eigenvalue weighted by atomic mass is 16.4. The van der Waals surface area contributed by atoms with Gasteiger partial charge in [0.15, 0.2) is 17.2 Å². The van der Waals surface area contributed by atoms with Crippen LogP contribution in [-0.2, 0) is 0 Å². The molecule has 0 saturated carbocycles. The maximum atomic E-state index is 13.0. The van der Waals surface area contributed by atoms with Gasteiger partial charge in [-0.15, -0.1) is 0 Å². The lowest BCUT2D eigenvalue weighted by Gasteiger charge is -2.38. The van der Waals surface area contributed by atoms with Gasteiger partial charge in [-0.05, 0) is 13.8 Å². The zero-order chi connectivity index (χ0) is 22.6. The van der Waals surface area contributed by atoms with Gasteiger partial charge in [0.05, 0.1) is 6.61 Å². The maximum Gasteiger partial charge on any atom is 0.199 e. The van der Waals surface area contributed by atoms with Crippen LogP contribution in [0.4, 0.5) is 0 Å². The molecule has 162 valence electrons. The summed E-state index contributed by atoms with van der Waals surface area (Å²) in [4.78, 5) is 25.6. The van der Waals surface area contributed by atoms with Crippen molar-refractivity contribution >= 4 is 11.6 Å². The van der Waals surface area contributed by atoms with Crippen LogP contribution in [-0.4, -0.2) is 78.8 Å². The van der Waals surface area contributed by atoms with E-state index in [4.69, 9.17) is 5.11 Å². The van der Waals surface area contributed by atoms with Gasteiger partial charge in [0.1, 0.15) is 24.4 Å². The van der Waals surface area contributed by atoms with Crippen molar-refractivity contribution in [1.29, 1.82) is 0 Å². The van der Waals surface area contributed by atoms with Crippen molar-refractivity contribution in [3.8, 4) is 0 Å². The standard InChI is InChI=1S/C22H26O8/c1-12-3-7-14(8-4-12)17(25)18(26)21(29)22(30,20(28)16(24)11-23)19(27)15-9-5-13(2)6-10-15/h3-10,16,18,20-21,23-24,26,28-30H,11H2,1-2H3/t16-,18?,20+,21+,22+/m0/s1. The molecular weight excluding hydrogens is 392 g/mol. The van der Waals surface area contributed by atoms with E-state index >= 15 is 0 Å². The summed E-state index contributed by atoms with van der Waals surface area (Å²) in [6.07, 6.45) is -9.23. The average Bonchev–Trinajstić information content (AvgIpc) is 2.76. The van der Waals surface area contributed by atoms with Crippen molar-refractivity contribution < 1.29 is 40.2 Å². The Morgan fingerprint density at radius 1 is 0.800 bits per heavy atom. The van der Waals surface area contributed by atoms with Gasteiger partial charge in [-0.2, -0.15) is 0 Å². The van der Waals surface area contributed by atoms with Crippen LogP contribution in [0.25, 0.3) is 0 Å². The van der Waals surface area contributed by atoms with Crippen LogP contribution in [0.3, 0.4) is 0 Å². The molecule has 6 N–H and O–H groups in total. The third-order valence-electron chi connectivity index (χ3n) is 5.03. The molecule has 0 fully saturated rings. The van der Waals surface area contributed by atoms with E-state index in [1.165, 1.54) is 24.3 Å². The molecule has 0 aliphatic heterocycles. The maximum absolute atomic E-state index is 13.0. The molecule has 0 saturated heterocycles. The molecule has 1 unspecified atom stereocenters. The van der Waals surface area contributed by atoms with Crippen LogP contribution in [0.5, 0.6) is 0 Å². The molecule has 0 heterocycles. The first-order valence-electron chi connectivity index (χ1n) is 9.31. The Balaban J connectivity index is 2.46. The fourth-order valence-corrected chi connectivity index (χ4v) is 3.05. The smallest absolute Gasteiger partial charge is 0.199 e. The van der Waals surface area contributed by atoms with Crippen LogP contribution < -0.4 is 0 Å². The molecule has 0 amide bonds. The van der Waals surface area contributed by atoms with Crippen LogP contribution >= 0.6 is 0 Å². The van der Waals surface area contributed by atoms with Crippen LogP contribution in [0, 0.1) is 13.8 Å². The number of aliphatic hydroxyl groups is 6. The number of hydrogen-bond donors (Lipinski definition) is 6. The molecule has 2 aromatic rings. The van der Waals surface area contributed by atoms with E-state index < -0.39 is 48.2 Å². The summed E-state index contributed by atoms with van der Waals surface area (Å²) in [5.41, 5.74) is -1.68. The van der Waals surface area contributed by atoms with Gasteiger partial charge in [-0.1, -0.05) is 59.7 Å². The predicted molar refractivity (Wildman–Crippen MR) is 107 cm³/mol. The first kappa shape index (κ1) is 23.8. The fourth-order valence-electron chi connectivity index (χ4n) is 3.05. The number of ketones is 2. The van der Waals surface area contributed by atoms with Gasteiger partial charge >= 0.3 is 0 Å². The van der Waals surface area contributed by atoms with Gasteiger partial charge in [-0.3, -0.25) is 9.59 Å². The molecule has 30 heavy (non-hydrogen) atoms. The summed E-state index contributed by atoms with van der Waals surface area (Å²) in [7, 11) is 0. The van der Waals surface area contributed by atoms with Crippen molar-refractivity contribution in [2.45, 2.75) is 43.9 Å². The Kier molecular flexibility index (Phi) is 7.59. The zero-order valence-corrected chi connectivity index (χ0v) is 16.6. The predicted octanol–water partition coefficient (Wildman–Crippen LogP) is -0.464. The number of carbonyl (C=O) groups excluding carboxylic acids is 2. The normalized spacial score (nSPS) is 17.5. The summed E-state index contributed by atoms with van der Waals surface area (Å²) in [6, 6.07) is 11.7. The number of aryl methyl sites for hydroxylation is 2. The van der Waals surface area contributed by atoms with Gasteiger partial charge in [0, 0.05) is 11.1 Å². The molecule has 0 aliphatic carbocycles. The second kappa shape index (κ2) is 9.57. The van der Waals surface area contributed by atoms with Crippen molar-refractivity contribution in [1.82, 2.24) is 0 Å². The first-order valence-corrected chi connectivity index (χ1v) is 9.31. The number of rotatable bonds is 9. The van der Waals surface area contributed by atoms with Crippen molar-refractivity contribution in [3.63, 3.8) is 0 Å². The number of Topliss-reactive ketones (excluding diaryl/α,β-unsaturated/α-hetero) is 2. The summed E-state index contributed by atoms with van der Waals surface area (Å²) in [5, 5.41) is 61.4. The molecule has 2 aromatic carbocycles. The van der Waals surface area contributed by atoms with Gasteiger partial charge < -0.3 is 30.6 Å². The third-order valence-corrected chi connectivity index (χ3v) is 5.03. The molecule has 0 radical (unpaired) electrons. The molecule has 8 nitrogen and oxygen atoms in total. The van der Waals surface area contributed by atoms with E-state index in [1.807, 2.05) is 0 Å². The minimum absolute atomic E-state index is 0.00878. The summed E-state index contributed by atoms with van der Waals surface area (Å²) in [6.45, 7) is 2.49. The molecule has 0 bridgehead atoms.